The van der Waals surface area contributed by atoms with Crippen molar-refractivity contribution < 1.29 is 17.9 Å². The van der Waals surface area contributed by atoms with Crippen molar-refractivity contribution in [3.63, 3.8) is 0 Å². The fourth-order valence-corrected chi connectivity index (χ4v) is 4.23. The molecule has 29 heavy (non-hydrogen) atoms. The Bertz CT molecular complexity index is 803. The van der Waals surface area contributed by atoms with Crippen LogP contribution in [0.2, 0.25) is 0 Å². The molecule has 1 aliphatic heterocycles. The normalized spacial score (nSPS) is 21.5. The average molecular weight is 406 g/mol. The molecule has 0 bridgehead atoms. The Kier molecular flexibility index (Phi) is 6.39. The van der Waals surface area contributed by atoms with E-state index in [1.54, 1.807) is 6.07 Å². The summed E-state index contributed by atoms with van der Waals surface area (Å²) in [5.41, 5.74) is 0.452. The van der Waals surface area contributed by atoms with E-state index in [-0.39, 0.29) is 5.60 Å². The molecule has 0 saturated carbocycles. The summed E-state index contributed by atoms with van der Waals surface area (Å²) >= 11 is 0. The van der Waals surface area contributed by atoms with Crippen LogP contribution in [0.1, 0.15) is 56.7 Å². The molecule has 2 aromatic carbocycles. The van der Waals surface area contributed by atoms with Gasteiger partial charge in [0.05, 0.1) is 11.2 Å². The van der Waals surface area contributed by atoms with Gasteiger partial charge in [-0.2, -0.15) is 13.2 Å². The van der Waals surface area contributed by atoms with Crippen LogP contribution in [-0.2, 0) is 16.3 Å². The van der Waals surface area contributed by atoms with E-state index in [1.165, 1.54) is 12.1 Å². The Balaban J connectivity index is 1.82. The molecular formula is C24H30F3NO. The van der Waals surface area contributed by atoms with Crippen LogP contribution in [0.3, 0.4) is 0 Å². The summed E-state index contributed by atoms with van der Waals surface area (Å²) in [6.45, 7) is 7.68. The molecule has 1 N–H and O–H groups in total. The summed E-state index contributed by atoms with van der Waals surface area (Å²) < 4.78 is 45.7. The van der Waals surface area contributed by atoms with Gasteiger partial charge >= 0.3 is 6.18 Å². The van der Waals surface area contributed by atoms with Crippen LogP contribution in [0.4, 0.5) is 13.2 Å². The topological polar surface area (TPSA) is 21.3 Å². The highest BCUT2D eigenvalue weighted by molar-refractivity contribution is 5.40. The van der Waals surface area contributed by atoms with Gasteiger partial charge < -0.3 is 10.1 Å². The molecule has 2 nitrogen and oxygen atoms in total. The fourth-order valence-electron chi connectivity index (χ4n) is 4.23. The lowest BCUT2D eigenvalue weighted by Crippen LogP contribution is -2.44. The van der Waals surface area contributed by atoms with Gasteiger partial charge in [-0.05, 0) is 56.8 Å². The van der Waals surface area contributed by atoms with Crippen molar-refractivity contribution in [2.45, 2.75) is 63.3 Å². The van der Waals surface area contributed by atoms with Crippen molar-refractivity contribution in [1.29, 1.82) is 0 Å². The second-order valence-corrected chi connectivity index (χ2v) is 8.78. The van der Waals surface area contributed by atoms with E-state index in [4.69, 9.17) is 4.74 Å². The van der Waals surface area contributed by atoms with E-state index in [0.29, 0.717) is 18.0 Å². The molecule has 2 atom stereocenters. The summed E-state index contributed by atoms with van der Waals surface area (Å²) in [5, 5.41) is 3.62. The smallest absolute Gasteiger partial charge is 0.375 e. The summed E-state index contributed by atoms with van der Waals surface area (Å²) in [5.74, 6) is 0. The second-order valence-electron chi connectivity index (χ2n) is 8.78. The minimum atomic E-state index is -4.35. The van der Waals surface area contributed by atoms with Crippen molar-refractivity contribution in [2.24, 2.45) is 0 Å². The number of benzene rings is 2. The standard InChI is InChI=1S/C24H30F3NO/c1-22(2)17-21(12-15-29-22)28-14-13-23(3,18-8-5-4-6-9-18)19-10-7-11-20(16-19)24(25,26)27/h4-11,16,21,28H,12-15,17H2,1-3H3/t21-,23+/m0/s1. The number of alkyl halides is 3. The molecule has 0 radical (unpaired) electrons. The average Bonchev–Trinajstić information content (AvgIpc) is 2.67. The van der Waals surface area contributed by atoms with Crippen molar-refractivity contribution in [3.8, 4) is 0 Å². The van der Waals surface area contributed by atoms with E-state index >= 15 is 0 Å². The molecule has 0 unspecified atom stereocenters. The lowest BCUT2D eigenvalue weighted by molar-refractivity contribution is -0.137. The molecule has 0 aromatic heterocycles. The fraction of sp³-hybridized carbons (Fsp3) is 0.500. The van der Waals surface area contributed by atoms with Gasteiger partial charge in [0.1, 0.15) is 0 Å². The number of rotatable bonds is 6. The third-order valence-electron chi connectivity index (χ3n) is 5.99. The summed E-state index contributed by atoms with van der Waals surface area (Å²) in [4.78, 5) is 0. The van der Waals surface area contributed by atoms with E-state index in [2.05, 4.69) is 19.2 Å². The zero-order valence-corrected chi connectivity index (χ0v) is 17.4. The molecule has 3 rings (SSSR count). The maximum Gasteiger partial charge on any atom is 0.416 e. The Labute approximate surface area is 171 Å². The maximum atomic E-state index is 13.3. The minimum absolute atomic E-state index is 0.139. The monoisotopic (exact) mass is 405 g/mol. The van der Waals surface area contributed by atoms with Crippen LogP contribution in [0.15, 0.2) is 54.6 Å². The molecule has 5 heteroatoms. The molecule has 158 valence electrons. The van der Waals surface area contributed by atoms with Crippen LogP contribution in [-0.4, -0.2) is 24.8 Å². The van der Waals surface area contributed by atoms with Gasteiger partial charge in [0.15, 0.2) is 0 Å². The van der Waals surface area contributed by atoms with Crippen LogP contribution in [0, 0.1) is 0 Å². The van der Waals surface area contributed by atoms with Crippen molar-refractivity contribution >= 4 is 0 Å². The number of nitrogens with one attached hydrogen (secondary N) is 1. The highest BCUT2D eigenvalue weighted by Gasteiger charge is 2.35. The van der Waals surface area contributed by atoms with Gasteiger partial charge in [0, 0.05) is 18.1 Å². The first-order chi connectivity index (χ1) is 13.6. The number of hydrogen-bond donors (Lipinski definition) is 1. The van der Waals surface area contributed by atoms with Crippen molar-refractivity contribution in [1.82, 2.24) is 5.32 Å². The third-order valence-corrected chi connectivity index (χ3v) is 5.99. The maximum absolute atomic E-state index is 13.3. The largest absolute Gasteiger partial charge is 0.416 e. The predicted octanol–water partition coefficient (Wildman–Crippen LogP) is 5.95. The van der Waals surface area contributed by atoms with Crippen LogP contribution < -0.4 is 5.32 Å². The molecular weight excluding hydrogens is 375 g/mol. The zero-order valence-electron chi connectivity index (χ0n) is 17.4. The van der Waals surface area contributed by atoms with Crippen molar-refractivity contribution in [3.05, 3.63) is 71.3 Å². The minimum Gasteiger partial charge on any atom is -0.375 e. The Morgan fingerprint density at radius 1 is 1.00 bits per heavy atom. The molecule has 1 fully saturated rings. The van der Waals surface area contributed by atoms with Gasteiger partial charge in [-0.25, -0.2) is 0 Å². The van der Waals surface area contributed by atoms with Crippen LogP contribution in [0.5, 0.6) is 0 Å². The number of ether oxygens (including phenoxy) is 1. The summed E-state index contributed by atoms with van der Waals surface area (Å²) in [6.07, 6.45) is -1.76. The first-order valence-corrected chi connectivity index (χ1v) is 10.2. The van der Waals surface area contributed by atoms with Gasteiger partial charge in [0.2, 0.25) is 0 Å². The quantitative estimate of drug-likeness (QED) is 0.641. The van der Waals surface area contributed by atoms with Gasteiger partial charge in [-0.3, -0.25) is 0 Å². The van der Waals surface area contributed by atoms with Crippen LogP contribution >= 0.6 is 0 Å². The molecule has 1 saturated heterocycles. The summed E-state index contributed by atoms with van der Waals surface area (Å²) in [6, 6.07) is 15.9. The molecule has 0 amide bonds. The molecule has 0 aliphatic carbocycles. The van der Waals surface area contributed by atoms with E-state index in [9.17, 15) is 13.2 Å². The summed E-state index contributed by atoms with van der Waals surface area (Å²) in [7, 11) is 0. The Morgan fingerprint density at radius 3 is 2.31 bits per heavy atom. The number of halogens is 3. The zero-order chi connectivity index (χ0) is 21.1. The van der Waals surface area contributed by atoms with E-state index in [0.717, 1.165) is 37.6 Å². The lowest BCUT2D eigenvalue weighted by Gasteiger charge is -2.37. The SMILES string of the molecule is CC1(C)C[C@@H](NCC[C@](C)(c2ccccc2)c2cccc(C(F)(F)F)c2)CCO1. The highest BCUT2D eigenvalue weighted by Crippen LogP contribution is 2.38. The van der Waals surface area contributed by atoms with E-state index < -0.39 is 17.2 Å². The molecule has 1 aliphatic rings. The van der Waals surface area contributed by atoms with E-state index in [1.807, 2.05) is 37.3 Å². The highest BCUT2D eigenvalue weighted by atomic mass is 19.4. The molecule has 0 spiro atoms. The molecule has 1 heterocycles. The molecule has 2 aromatic rings. The van der Waals surface area contributed by atoms with Gasteiger partial charge in [-0.15, -0.1) is 0 Å². The predicted molar refractivity (Wildman–Crippen MR) is 110 cm³/mol. The lowest BCUT2D eigenvalue weighted by atomic mass is 9.73. The van der Waals surface area contributed by atoms with Crippen molar-refractivity contribution in [2.75, 3.05) is 13.2 Å². The second kappa shape index (κ2) is 8.49. The number of hydrogen-bond acceptors (Lipinski definition) is 2. The Morgan fingerprint density at radius 2 is 1.66 bits per heavy atom. The first kappa shape index (κ1) is 21.8. The van der Waals surface area contributed by atoms with Crippen LogP contribution in [0.25, 0.3) is 0 Å². The van der Waals surface area contributed by atoms with Gasteiger partial charge in [0.25, 0.3) is 0 Å². The first-order valence-electron chi connectivity index (χ1n) is 10.2. The van der Waals surface area contributed by atoms with Gasteiger partial charge in [-0.1, -0.05) is 55.5 Å². The third kappa shape index (κ3) is 5.40. The Hall–Kier alpha value is -1.85.